The summed E-state index contributed by atoms with van der Waals surface area (Å²) >= 11 is 0. The van der Waals surface area contributed by atoms with Crippen molar-refractivity contribution in [2.24, 2.45) is 0 Å². The number of aliphatic hydroxyl groups excluding tert-OH is 2. The topological polar surface area (TPSA) is 95.9 Å². The van der Waals surface area contributed by atoms with Gasteiger partial charge in [-0.15, -0.1) is 0 Å². The second-order valence-electron chi connectivity index (χ2n) is 25.3. The van der Waals surface area contributed by atoms with E-state index >= 15 is 0 Å². The molecule has 0 aromatic rings. The normalized spacial score (nSPS) is 12.7. The summed E-state index contributed by atoms with van der Waals surface area (Å²) in [5.41, 5.74) is 0. The molecule has 0 aliphatic rings. The third-order valence-electron chi connectivity index (χ3n) is 17.2. The van der Waals surface area contributed by atoms with Gasteiger partial charge in [0.2, 0.25) is 5.91 Å². The van der Waals surface area contributed by atoms with Crippen molar-refractivity contribution in [2.75, 3.05) is 13.2 Å². The minimum atomic E-state index is -0.668. The van der Waals surface area contributed by atoms with Crippen LogP contribution in [0.1, 0.15) is 406 Å². The third-order valence-corrected chi connectivity index (χ3v) is 17.2. The van der Waals surface area contributed by atoms with Crippen molar-refractivity contribution in [1.29, 1.82) is 0 Å². The molecule has 0 fully saturated rings. The van der Waals surface area contributed by atoms with Gasteiger partial charge in [0.05, 0.1) is 25.4 Å². The zero-order chi connectivity index (χ0) is 58.5. The molecule has 2 unspecified atom stereocenters. The molecule has 0 radical (unpaired) electrons. The number of aliphatic hydroxyl groups is 2. The van der Waals surface area contributed by atoms with E-state index in [2.05, 4.69) is 55.6 Å². The Hall–Kier alpha value is -1.92. The molecule has 0 saturated heterocycles. The maximum atomic E-state index is 12.5. The van der Waals surface area contributed by atoms with E-state index < -0.39 is 12.1 Å². The number of allylic oxidation sites excluding steroid dienone is 6. The number of esters is 1. The quantitative estimate of drug-likeness (QED) is 0.0320. The molecule has 0 aliphatic heterocycles. The lowest BCUT2D eigenvalue weighted by Gasteiger charge is -2.22. The van der Waals surface area contributed by atoms with Crippen LogP contribution in [0, 0.1) is 0 Å². The van der Waals surface area contributed by atoms with Crippen LogP contribution in [0.4, 0.5) is 0 Å². The summed E-state index contributed by atoms with van der Waals surface area (Å²) in [5.74, 6) is -0.0261. The number of nitrogens with one attached hydrogen (secondary N) is 1. The smallest absolute Gasteiger partial charge is 0.305 e. The Bertz CT molecular complexity index is 1310. The van der Waals surface area contributed by atoms with E-state index in [1.807, 2.05) is 0 Å². The Morgan fingerprint density at radius 1 is 0.346 bits per heavy atom. The number of amides is 1. The molecular weight excluding hydrogens is 995 g/mol. The summed E-state index contributed by atoms with van der Waals surface area (Å²) in [6.07, 6.45) is 90.5. The molecule has 0 spiro atoms. The number of hydrogen-bond acceptors (Lipinski definition) is 5. The molecule has 3 N–H and O–H groups in total. The largest absolute Gasteiger partial charge is 0.466 e. The molecule has 0 heterocycles. The highest BCUT2D eigenvalue weighted by atomic mass is 16.5. The average Bonchev–Trinajstić information content (AvgIpc) is 3.47. The first kappa shape index (κ1) is 79.1. The van der Waals surface area contributed by atoms with Crippen LogP contribution >= 0.6 is 0 Å². The molecule has 0 rings (SSSR count). The summed E-state index contributed by atoms with van der Waals surface area (Å²) in [5, 5.41) is 23.4. The van der Waals surface area contributed by atoms with Crippen LogP contribution in [0.25, 0.3) is 0 Å². The maximum Gasteiger partial charge on any atom is 0.305 e. The van der Waals surface area contributed by atoms with Crippen LogP contribution in [0.3, 0.4) is 0 Å². The molecule has 0 saturated carbocycles. The average molecular weight is 1140 g/mol. The number of rotatable bonds is 69. The zero-order valence-corrected chi connectivity index (χ0v) is 54.8. The zero-order valence-electron chi connectivity index (χ0n) is 54.8. The fourth-order valence-corrected chi connectivity index (χ4v) is 11.6. The second kappa shape index (κ2) is 70.6. The Balaban J connectivity index is 3.41. The summed E-state index contributed by atoms with van der Waals surface area (Å²) in [7, 11) is 0. The fraction of sp³-hybridized carbons (Fsp3) is 0.893. The Morgan fingerprint density at radius 2 is 0.617 bits per heavy atom. The maximum absolute atomic E-state index is 12.5. The molecular formula is C75H143NO5. The van der Waals surface area contributed by atoms with Gasteiger partial charge >= 0.3 is 5.97 Å². The molecule has 0 aliphatic carbocycles. The van der Waals surface area contributed by atoms with Crippen molar-refractivity contribution >= 4 is 11.9 Å². The molecule has 478 valence electrons. The number of hydrogen-bond donors (Lipinski definition) is 3. The van der Waals surface area contributed by atoms with E-state index in [9.17, 15) is 19.8 Å². The Kier molecular flexibility index (Phi) is 68.9. The van der Waals surface area contributed by atoms with Gasteiger partial charge < -0.3 is 20.3 Å². The van der Waals surface area contributed by atoms with Gasteiger partial charge in [0.15, 0.2) is 0 Å². The van der Waals surface area contributed by atoms with Crippen LogP contribution in [-0.2, 0) is 14.3 Å². The van der Waals surface area contributed by atoms with E-state index in [4.69, 9.17) is 4.74 Å². The molecule has 1 amide bonds. The van der Waals surface area contributed by atoms with Gasteiger partial charge in [-0.25, -0.2) is 0 Å². The predicted molar refractivity (Wildman–Crippen MR) is 356 cm³/mol. The standard InChI is InChI=1S/C75H143NO5/c1-3-5-7-9-11-13-15-17-19-21-32-35-39-43-47-51-55-59-63-67-73(78)72(71-77)76-74(79)68-64-60-56-52-48-44-40-36-33-30-28-26-24-23-25-27-29-31-34-38-42-46-50-54-58-62-66-70-81-75(80)69-65-61-57-53-49-45-41-37-22-20-18-16-14-12-10-8-6-4-2/h20,22-24,27,29,72-73,77-78H,3-19,21,25-26,28,30-71H2,1-2H3,(H,76,79)/b22-20-,24-23-,29-27-. The molecule has 0 aromatic carbocycles. The number of carbonyl (C=O) groups is 2. The molecule has 0 aromatic heterocycles. The highest BCUT2D eigenvalue weighted by molar-refractivity contribution is 5.76. The SMILES string of the molecule is CCCCCCCCC/C=C\CCCCCCCCCC(=O)OCCCCCCCCCCC/C=C\C/C=C\CCCCCCCCCCCCCC(=O)NC(CO)C(O)CCCCCCCCCCCCCCCCCCCCC. The highest BCUT2D eigenvalue weighted by Crippen LogP contribution is 2.19. The van der Waals surface area contributed by atoms with Gasteiger partial charge in [0.25, 0.3) is 0 Å². The van der Waals surface area contributed by atoms with Crippen LogP contribution in [0.15, 0.2) is 36.5 Å². The number of ether oxygens (including phenoxy) is 1. The van der Waals surface area contributed by atoms with Gasteiger partial charge in [-0.1, -0.05) is 346 Å². The summed E-state index contributed by atoms with van der Waals surface area (Å²) in [6.45, 7) is 4.98. The van der Waals surface area contributed by atoms with E-state index in [1.54, 1.807) is 0 Å². The minimum Gasteiger partial charge on any atom is -0.466 e. The van der Waals surface area contributed by atoms with Crippen molar-refractivity contribution < 1.29 is 24.5 Å². The van der Waals surface area contributed by atoms with Gasteiger partial charge in [-0.2, -0.15) is 0 Å². The Labute approximate surface area is 506 Å². The molecule has 6 heteroatoms. The van der Waals surface area contributed by atoms with Gasteiger partial charge in [-0.05, 0) is 83.5 Å². The van der Waals surface area contributed by atoms with Gasteiger partial charge in [-0.3, -0.25) is 9.59 Å². The molecule has 2 atom stereocenters. The van der Waals surface area contributed by atoms with Gasteiger partial charge in [0, 0.05) is 12.8 Å². The van der Waals surface area contributed by atoms with Crippen molar-refractivity contribution in [2.45, 2.75) is 418 Å². The fourth-order valence-electron chi connectivity index (χ4n) is 11.6. The van der Waals surface area contributed by atoms with Crippen molar-refractivity contribution in [1.82, 2.24) is 5.32 Å². The van der Waals surface area contributed by atoms with E-state index in [-0.39, 0.29) is 18.5 Å². The summed E-state index contributed by atoms with van der Waals surface area (Å²) in [6, 6.07) is -0.545. The van der Waals surface area contributed by atoms with Crippen molar-refractivity contribution in [3.63, 3.8) is 0 Å². The molecule has 81 heavy (non-hydrogen) atoms. The highest BCUT2D eigenvalue weighted by Gasteiger charge is 2.20. The lowest BCUT2D eigenvalue weighted by molar-refractivity contribution is -0.143. The molecule has 0 bridgehead atoms. The number of carbonyl (C=O) groups excluding carboxylic acids is 2. The number of unbranched alkanes of at least 4 members (excludes halogenated alkanes) is 52. The van der Waals surface area contributed by atoms with E-state index in [1.165, 1.54) is 321 Å². The van der Waals surface area contributed by atoms with Gasteiger partial charge in [0.1, 0.15) is 0 Å². The first-order chi connectivity index (χ1) is 40.0. The van der Waals surface area contributed by atoms with Crippen LogP contribution in [0.5, 0.6) is 0 Å². The predicted octanol–water partition coefficient (Wildman–Crippen LogP) is 23.9. The van der Waals surface area contributed by atoms with Crippen LogP contribution < -0.4 is 5.32 Å². The first-order valence-corrected chi connectivity index (χ1v) is 36.7. The van der Waals surface area contributed by atoms with Crippen LogP contribution in [-0.4, -0.2) is 47.4 Å². The monoisotopic (exact) mass is 1140 g/mol. The van der Waals surface area contributed by atoms with Crippen molar-refractivity contribution in [3.05, 3.63) is 36.5 Å². The lowest BCUT2D eigenvalue weighted by atomic mass is 10.0. The second-order valence-corrected chi connectivity index (χ2v) is 25.3. The Morgan fingerprint density at radius 3 is 0.951 bits per heavy atom. The lowest BCUT2D eigenvalue weighted by Crippen LogP contribution is -2.45. The third kappa shape index (κ3) is 67.1. The summed E-state index contributed by atoms with van der Waals surface area (Å²) in [4.78, 5) is 24.6. The first-order valence-electron chi connectivity index (χ1n) is 36.7. The molecule has 6 nitrogen and oxygen atoms in total. The van der Waals surface area contributed by atoms with Crippen molar-refractivity contribution in [3.8, 4) is 0 Å². The summed E-state index contributed by atoms with van der Waals surface area (Å²) < 4.78 is 5.50. The minimum absolute atomic E-state index is 0.00842. The van der Waals surface area contributed by atoms with E-state index in [0.717, 1.165) is 51.4 Å². The van der Waals surface area contributed by atoms with Crippen LogP contribution in [0.2, 0.25) is 0 Å². The van der Waals surface area contributed by atoms with E-state index in [0.29, 0.717) is 25.9 Å².